The van der Waals surface area contributed by atoms with Crippen molar-refractivity contribution in [2.45, 2.75) is 12.8 Å². The van der Waals surface area contributed by atoms with Gasteiger partial charge in [0.1, 0.15) is 0 Å². The molecule has 0 aromatic rings. The molecular formula is C8H14N2O2S. The summed E-state index contributed by atoms with van der Waals surface area (Å²) in [6.45, 7) is 0.701. The molecule has 4 nitrogen and oxygen atoms in total. The molecule has 1 fully saturated rings. The van der Waals surface area contributed by atoms with Crippen LogP contribution in [0.4, 0.5) is 0 Å². The quantitative estimate of drug-likeness (QED) is 0.627. The molecule has 0 atom stereocenters. The third-order valence-corrected chi connectivity index (χ3v) is 3.50. The molecule has 5 heteroatoms. The van der Waals surface area contributed by atoms with Gasteiger partial charge in [-0.2, -0.15) is 12.7 Å². The predicted molar refractivity (Wildman–Crippen MR) is 51.1 cm³/mol. The van der Waals surface area contributed by atoms with Crippen LogP contribution in [0, 0.1) is 18.3 Å². The summed E-state index contributed by atoms with van der Waals surface area (Å²) in [6, 6.07) is 0. The smallest absolute Gasteiger partial charge is 0.205 e. The van der Waals surface area contributed by atoms with Crippen LogP contribution in [0.15, 0.2) is 0 Å². The van der Waals surface area contributed by atoms with E-state index in [0.29, 0.717) is 12.5 Å². The molecule has 0 heterocycles. The number of terminal acetylenes is 1. The Bertz CT molecular complexity index is 301. The molecule has 1 aliphatic carbocycles. The molecule has 1 aliphatic rings. The summed E-state index contributed by atoms with van der Waals surface area (Å²) in [7, 11) is -1.94. The Hall–Kier alpha value is -0.570. The summed E-state index contributed by atoms with van der Waals surface area (Å²) in [5.41, 5.74) is 0. The van der Waals surface area contributed by atoms with Crippen LogP contribution in [-0.4, -0.2) is 32.9 Å². The fourth-order valence-corrected chi connectivity index (χ4v) is 1.98. The highest BCUT2D eigenvalue weighted by molar-refractivity contribution is 7.87. The van der Waals surface area contributed by atoms with Crippen molar-refractivity contribution in [1.29, 1.82) is 0 Å². The molecule has 0 saturated heterocycles. The van der Waals surface area contributed by atoms with Crippen LogP contribution in [0.5, 0.6) is 0 Å². The van der Waals surface area contributed by atoms with Crippen LogP contribution >= 0.6 is 0 Å². The maximum Gasteiger partial charge on any atom is 0.280 e. The monoisotopic (exact) mass is 202 g/mol. The van der Waals surface area contributed by atoms with Crippen molar-refractivity contribution < 1.29 is 8.42 Å². The van der Waals surface area contributed by atoms with E-state index >= 15 is 0 Å². The summed E-state index contributed by atoms with van der Waals surface area (Å²) in [5, 5.41) is 0. The van der Waals surface area contributed by atoms with Crippen LogP contribution in [0.3, 0.4) is 0 Å². The molecule has 0 radical (unpaired) electrons. The molecular weight excluding hydrogens is 188 g/mol. The molecule has 0 aliphatic heterocycles. The van der Waals surface area contributed by atoms with Crippen molar-refractivity contribution in [2.24, 2.45) is 5.92 Å². The largest absolute Gasteiger partial charge is 0.280 e. The van der Waals surface area contributed by atoms with Gasteiger partial charge in [-0.1, -0.05) is 5.92 Å². The Kier molecular flexibility index (Phi) is 3.31. The Balaban J connectivity index is 2.60. The molecule has 0 bridgehead atoms. The second kappa shape index (κ2) is 4.09. The van der Waals surface area contributed by atoms with E-state index < -0.39 is 10.2 Å². The summed E-state index contributed by atoms with van der Waals surface area (Å²) < 4.78 is 26.3. The maximum absolute atomic E-state index is 11.4. The van der Waals surface area contributed by atoms with E-state index in [9.17, 15) is 8.42 Å². The van der Waals surface area contributed by atoms with Gasteiger partial charge in [0, 0.05) is 13.6 Å². The number of hydrogen-bond acceptors (Lipinski definition) is 2. The van der Waals surface area contributed by atoms with Crippen LogP contribution in [-0.2, 0) is 10.2 Å². The van der Waals surface area contributed by atoms with Gasteiger partial charge in [-0.05, 0) is 18.8 Å². The number of rotatable bonds is 5. The van der Waals surface area contributed by atoms with Gasteiger partial charge in [0.2, 0.25) is 0 Å². The molecule has 0 unspecified atom stereocenters. The highest BCUT2D eigenvalue weighted by atomic mass is 32.2. The first kappa shape index (κ1) is 10.5. The van der Waals surface area contributed by atoms with Crippen molar-refractivity contribution in [3.05, 3.63) is 0 Å². The van der Waals surface area contributed by atoms with Crippen molar-refractivity contribution >= 4 is 10.2 Å². The van der Waals surface area contributed by atoms with E-state index in [1.54, 1.807) is 0 Å². The second-order valence-corrected chi connectivity index (χ2v) is 5.02. The third kappa shape index (κ3) is 2.99. The summed E-state index contributed by atoms with van der Waals surface area (Å²) in [6.07, 6.45) is 7.32. The Morgan fingerprint density at radius 3 is 2.62 bits per heavy atom. The zero-order chi connectivity index (χ0) is 9.90. The summed E-state index contributed by atoms with van der Waals surface area (Å²) in [5.74, 6) is 2.86. The topological polar surface area (TPSA) is 49.4 Å². The van der Waals surface area contributed by atoms with Crippen LogP contribution < -0.4 is 4.72 Å². The summed E-state index contributed by atoms with van der Waals surface area (Å²) >= 11 is 0. The van der Waals surface area contributed by atoms with Gasteiger partial charge >= 0.3 is 0 Å². The zero-order valence-electron chi connectivity index (χ0n) is 7.66. The first-order valence-electron chi connectivity index (χ1n) is 4.22. The lowest BCUT2D eigenvalue weighted by Gasteiger charge is -2.18. The second-order valence-electron chi connectivity index (χ2n) is 3.15. The lowest BCUT2D eigenvalue weighted by molar-refractivity contribution is 0.424. The van der Waals surface area contributed by atoms with Crippen LogP contribution in [0.1, 0.15) is 12.8 Å². The van der Waals surface area contributed by atoms with Gasteiger partial charge in [0.25, 0.3) is 10.2 Å². The van der Waals surface area contributed by atoms with Crippen molar-refractivity contribution in [3.8, 4) is 12.3 Å². The number of hydrogen-bond donors (Lipinski definition) is 1. The molecule has 1 N–H and O–H groups in total. The third-order valence-electron chi connectivity index (χ3n) is 2.02. The SMILES string of the molecule is C#CCN(CC1CC1)S(=O)(=O)NC. The minimum atomic E-state index is -3.34. The first-order valence-corrected chi connectivity index (χ1v) is 5.66. The van der Waals surface area contributed by atoms with E-state index in [-0.39, 0.29) is 6.54 Å². The van der Waals surface area contributed by atoms with Crippen LogP contribution in [0.2, 0.25) is 0 Å². The van der Waals surface area contributed by atoms with Gasteiger partial charge in [0.05, 0.1) is 6.54 Å². The van der Waals surface area contributed by atoms with Crippen LogP contribution in [0.25, 0.3) is 0 Å². The van der Waals surface area contributed by atoms with E-state index in [0.717, 1.165) is 12.8 Å². The molecule has 0 spiro atoms. The lowest BCUT2D eigenvalue weighted by atomic mass is 10.4. The molecule has 0 amide bonds. The fourth-order valence-electron chi connectivity index (χ4n) is 1.07. The highest BCUT2D eigenvalue weighted by Gasteiger charge is 2.29. The van der Waals surface area contributed by atoms with E-state index in [1.165, 1.54) is 11.4 Å². The average Bonchev–Trinajstić information content (AvgIpc) is 2.87. The molecule has 0 aromatic heterocycles. The zero-order valence-corrected chi connectivity index (χ0v) is 8.47. The number of nitrogens with one attached hydrogen (secondary N) is 1. The Morgan fingerprint density at radius 2 is 2.23 bits per heavy atom. The Morgan fingerprint density at radius 1 is 1.62 bits per heavy atom. The molecule has 13 heavy (non-hydrogen) atoms. The molecule has 0 aromatic carbocycles. The Labute approximate surface area is 79.5 Å². The fraction of sp³-hybridized carbons (Fsp3) is 0.750. The number of nitrogens with zero attached hydrogens (tertiary/aromatic N) is 1. The predicted octanol–water partition coefficient (Wildman–Crippen LogP) is -0.204. The van der Waals surface area contributed by atoms with E-state index in [4.69, 9.17) is 6.42 Å². The van der Waals surface area contributed by atoms with Crippen molar-refractivity contribution in [2.75, 3.05) is 20.1 Å². The van der Waals surface area contributed by atoms with Gasteiger partial charge in [-0.15, -0.1) is 6.42 Å². The lowest BCUT2D eigenvalue weighted by Crippen LogP contribution is -2.40. The molecule has 74 valence electrons. The van der Waals surface area contributed by atoms with Gasteiger partial charge in [-0.25, -0.2) is 4.72 Å². The van der Waals surface area contributed by atoms with E-state index in [2.05, 4.69) is 10.6 Å². The van der Waals surface area contributed by atoms with Crippen molar-refractivity contribution in [1.82, 2.24) is 9.03 Å². The standard InChI is InChI=1S/C8H14N2O2S/c1-3-6-10(7-8-4-5-8)13(11,12)9-2/h1,8-9H,4-7H2,2H3. The minimum Gasteiger partial charge on any atom is -0.205 e. The van der Waals surface area contributed by atoms with Gasteiger partial charge in [-0.3, -0.25) is 0 Å². The normalized spacial score (nSPS) is 17.3. The van der Waals surface area contributed by atoms with E-state index in [1.807, 2.05) is 0 Å². The van der Waals surface area contributed by atoms with Crippen molar-refractivity contribution in [3.63, 3.8) is 0 Å². The molecule has 1 rings (SSSR count). The summed E-state index contributed by atoms with van der Waals surface area (Å²) in [4.78, 5) is 0. The van der Waals surface area contributed by atoms with Gasteiger partial charge < -0.3 is 0 Å². The maximum atomic E-state index is 11.4. The average molecular weight is 202 g/mol. The first-order chi connectivity index (χ1) is 6.10. The molecule has 1 saturated carbocycles. The minimum absolute atomic E-state index is 0.152. The van der Waals surface area contributed by atoms with Gasteiger partial charge in [0.15, 0.2) is 0 Å². The highest BCUT2D eigenvalue weighted by Crippen LogP contribution is 2.30.